The Morgan fingerprint density at radius 3 is 2.62 bits per heavy atom. The van der Waals surface area contributed by atoms with Gasteiger partial charge in [0, 0.05) is 42.1 Å². The van der Waals surface area contributed by atoms with Crippen molar-refractivity contribution < 1.29 is 24.3 Å². The molecule has 1 N–H and O–H groups in total. The molecule has 0 amide bonds. The third-order valence-corrected chi connectivity index (χ3v) is 4.31. The van der Waals surface area contributed by atoms with E-state index in [1.54, 1.807) is 26.8 Å². The van der Waals surface area contributed by atoms with Crippen LogP contribution in [0.3, 0.4) is 0 Å². The molecule has 24 heavy (non-hydrogen) atoms. The summed E-state index contributed by atoms with van der Waals surface area (Å²) in [5.74, 6) is -1.03. The van der Waals surface area contributed by atoms with Gasteiger partial charge in [-0.25, -0.2) is 0 Å². The Kier molecular flexibility index (Phi) is 8.96. The van der Waals surface area contributed by atoms with E-state index in [1.165, 1.54) is 7.11 Å². The maximum Gasteiger partial charge on any atom is 0.320 e. The summed E-state index contributed by atoms with van der Waals surface area (Å²) in [6.07, 6.45) is 3.58. The fourth-order valence-corrected chi connectivity index (χ4v) is 2.99. The van der Waals surface area contributed by atoms with Crippen molar-refractivity contribution in [1.82, 2.24) is 0 Å². The second-order valence-corrected chi connectivity index (χ2v) is 6.37. The second kappa shape index (κ2) is 9.39. The SMILES string of the molecule is C=CCON=C(C)CCC1(C(=O)OC)C(=O)C=C(O)CC1(C)C.[Na]. The van der Waals surface area contributed by atoms with E-state index < -0.39 is 22.6 Å². The molecule has 0 spiro atoms. The van der Waals surface area contributed by atoms with Gasteiger partial charge in [-0.2, -0.15) is 0 Å². The number of ketones is 1. The first-order chi connectivity index (χ1) is 10.7. The van der Waals surface area contributed by atoms with Gasteiger partial charge in [-0.3, -0.25) is 9.59 Å². The number of allylic oxidation sites excluding steroid dienone is 2. The number of aliphatic hydroxyl groups excluding tert-OH is 1. The fraction of sp³-hybridized carbons (Fsp3) is 0.588. The molecule has 0 saturated heterocycles. The Balaban J connectivity index is 0.00000529. The fourth-order valence-electron chi connectivity index (χ4n) is 2.99. The quantitative estimate of drug-likeness (QED) is 0.146. The number of aliphatic hydroxyl groups is 1. The molecule has 0 bridgehead atoms. The number of esters is 1. The Bertz CT molecular complexity index is 553. The van der Waals surface area contributed by atoms with Crippen LogP contribution in [-0.4, -0.2) is 65.8 Å². The van der Waals surface area contributed by atoms with Crippen molar-refractivity contribution in [1.29, 1.82) is 0 Å². The van der Waals surface area contributed by atoms with Gasteiger partial charge in [0.2, 0.25) is 0 Å². The molecular formula is C17H25NNaO5. The summed E-state index contributed by atoms with van der Waals surface area (Å²) in [5, 5.41) is 13.7. The van der Waals surface area contributed by atoms with Crippen molar-refractivity contribution in [3.63, 3.8) is 0 Å². The molecule has 0 saturated carbocycles. The molecule has 7 heteroatoms. The van der Waals surface area contributed by atoms with Crippen LogP contribution in [0.1, 0.15) is 40.0 Å². The first-order valence-corrected chi connectivity index (χ1v) is 7.50. The van der Waals surface area contributed by atoms with Gasteiger partial charge in [0.25, 0.3) is 0 Å². The van der Waals surface area contributed by atoms with Gasteiger partial charge in [0.1, 0.15) is 12.0 Å². The minimum absolute atomic E-state index is 0. The summed E-state index contributed by atoms with van der Waals surface area (Å²) in [6, 6.07) is 0. The summed E-state index contributed by atoms with van der Waals surface area (Å²) in [5.41, 5.74) is -1.45. The monoisotopic (exact) mass is 346 g/mol. The smallest absolute Gasteiger partial charge is 0.320 e. The number of hydrogen-bond donors (Lipinski definition) is 1. The Morgan fingerprint density at radius 2 is 2.12 bits per heavy atom. The van der Waals surface area contributed by atoms with Gasteiger partial charge in [0.05, 0.1) is 18.6 Å². The maximum absolute atomic E-state index is 12.6. The zero-order valence-corrected chi connectivity index (χ0v) is 17.2. The molecule has 129 valence electrons. The van der Waals surface area contributed by atoms with Crippen LogP contribution in [-0.2, 0) is 19.2 Å². The average Bonchev–Trinajstić information content (AvgIpc) is 2.45. The molecule has 0 fully saturated rings. The molecule has 0 aromatic carbocycles. The minimum atomic E-state index is -1.34. The first-order valence-electron chi connectivity index (χ1n) is 7.50. The third-order valence-electron chi connectivity index (χ3n) is 4.31. The molecule has 1 aliphatic rings. The topological polar surface area (TPSA) is 85.2 Å². The Hall–Kier alpha value is -1.11. The van der Waals surface area contributed by atoms with Gasteiger partial charge < -0.3 is 14.7 Å². The van der Waals surface area contributed by atoms with Crippen LogP contribution in [0, 0.1) is 10.8 Å². The van der Waals surface area contributed by atoms with Crippen molar-refractivity contribution >= 4 is 47.0 Å². The number of ether oxygens (including phenoxy) is 1. The van der Waals surface area contributed by atoms with Crippen LogP contribution >= 0.6 is 0 Å². The number of hydrogen-bond acceptors (Lipinski definition) is 6. The van der Waals surface area contributed by atoms with Gasteiger partial charge in [-0.1, -0.05) is 31.7 Å². The van der Waals surface area contributed by atoms with E-state index in [2.05, 4.69) is 11.7 Å². The summed E-state index contributed by atoms with van der Waals surface area (Å²) in [7, 11) is 1.26. The molecule has 1 unspecified atom stereocenters. The Labute approximate surface area is 165 Å². The van der Waals surface area contributed by atoms with E-state index in [9.17, 15) is 14.7 Å². The minimum Gasteiger partial charge on any atom is -0.512 e. The molecule has 0 aromatic heterocycles. The van der Waals surface area contributed by atoms with Crippen molar-refractivity contribution in [3.8, 4) is 0 Å². The maximum atomic E-state index is 12.6. The first kappa shape index (κ1) is 22.9. The number of rotatable bonds is 7. The zero-order chi connectivity index (χ0) is 17.7. The summed E-state index contributed by atoms with van der Waals surface area (Å²) in [6.45, 7) is 9.15. The largest absolute Gasteiger partial charge is 0.512 e. The molecule has 0 heterocycles. The van der Waals surface area contributed by atoms with E-state index in [0.29, 0.717) is 18.7 Å². The van der Waals surface area contributed by atoms with Crippen molar-refractivity contribution in [2.75, 3.05) is 13.7 Å². The molecule has 0 aromatic rings. The normalized spacial score (nSPS) is 22.9. The number of methoxy groups -OCH3 is 1. The molecule has 1 rings (SSSR count). The van der Waals surface area contributed by atoms with E-state index in [0.717, 1.165) is 6.08 Å². The summed E-state index contributed by atoms with van der Waals surface area (Å²) >= 11 is 0. The van der Waals surface area contributed by atoms with Gasteiger partial charge >= 0.3 is 5.97 Å². The van der Waals surface area contributed by atoms with Gasteiger partial charge in [-0.15, -0.1) is 0 Å². The van der Waals surface area contributed by atoms with Crippen molar-refractivity contribution in [3.05, 3.63) is 24.5 Å². The summed E-state index contributed by atoms with van der Waals surface area (Å²) in [4.78, 5) is 30.1. The second-order valence-electron chi connectivity index (χ2n) is 6.37. The van der Waals surface area contributed by atoms with E-state index in [1.807, 2.05) is 0 Å². The van der Waals surface area contributed by atoms with Crippen LogP contribution in [0.5, 0.6) is 0 Å². The standard InChI is InChI=1S/C17H25NO5.Na/c1-6-9-23-18-12(2)7-8-17(15(21)22-5)14(20)10-13(19)11-16(17,3)4;/h6,10,19H,1,7-9,11H2,2-5H3;. The zero-order valence-electron chi connectivity index (χ0n) is 15.2. The van der Waals surface area contributed by atoms with E-state index in [-0.39, 0.29) is 48.2 Å². The van der Waals surface area contributed by atoms with Crippen LogP contribution in [0.15, 0.2) is 29.6 Å². The molecule has 6 nitrogen and oxygen atoms in total. The predicted molar refractivity (Wildman–Crippen MR) is 92.8 cm³/mol. The third kappa shape index (κ3) is 4.71. The van der Waals surface area contributed by atoms with Crippen molar-refractivity contribution in [2.24, 2.45) is 16.0 Å². The predicted octanol–water partition coefficient (Wildman–Crippen LogP) is 2.56. The number of nitrogens with zero attached hydrogens (tertiary/aromatic N) is 1. The van der Waals surface area contributed by atoms with Crippen LogP contribution in [0.4, 0.5) is 0 Å². The number of oxime groups is 1. The van der Waals surface area contributed by atoms with Crippen LogP contribution < -0.4 is 0 Å². The molecule has 1 aliphatic carbocycles. The van der Waals surface area contributed by atoms with Gasteiger partial charge in [0.15, 0.2) is 5.78 Å². The van der Waals surface area contributed by atoms with Crippen LogP contribution in [0.25, 0.3) is 0 Å². The number of carbonyl (C=O) groups excluding carboxylic acids is 2. The van der Waals surface area contributed by atoms with E-state index in [4.69, 9.17) is 9.57 Å². The summed E-state index contributed by atoms with van der Waals surface area (Å²) < 4.78 is 4.91. The number of carbonyl (C=O) groups is 2. The van der Waals surface area contributed by atoms with E-state index >= 15 is 0 Å². The average molecular weight is 346 g/mol. The van der Waals surface area contributed by atoms with Gasteiger partial charge in [-0.05, 0) is 25.2 Å². The Morgan fingerprint density at radius 1 is 1.50 bits per heavy atom. The van der Waals surface area contributed by atoms with Crippen LogP contribution in [0.2, 0.25) is 0 Å². The molecule has 0 aliphatic heterocycles. The molecular weight excluding hydrogens is 321 g/mol. The van der Waals surface area contributed by atoms with Crippen molar-refractivity contribution in [2.45, 2.75) is 40.0 Å². The molecule has 1 atom stereocenters. The molecule has 1 radical (unpaired) electrons.